The molecule has 0 atom stereocenters. The molecule has 6 nitrogen and oxygen atoms in total. The molecule has 0 fully saturated rings. The molecular weight excluding hydrogens is 398 g/mol. The van der Waals surface area contributed by atoms with Gasteiger partial charge in [-0.3, -0.25) is 0 Å². The molecular formula is C10H9NO5W. The quantitative estimate of drug-likeness (QED) is 0.429. The first-order chi connectivity index (χ1) is 7.56. The van der Waals surface area contributed by atoms with Crippen molar-refractivity contribution >= 4 is 0 Å². The third-order valence-corrected chi connectivity index (χ3v) is 0.335. The second-order valence-corrected chi connectivity index (χ2v) is 2.28. The van der Waals surface area contributed by atoms with Gasteiger partial charge < -0.3 is 4.85 Å². The molecule has 0 aliphatic carbocycles. The van der Waals surface area contributed by atoms with Crippen LogP contribution in [-0.2, 0) is 44.3 Å². The van der Waals surface area contributed by atoms with Crippen LogP contribution in [0.15, 0.2) is 0 Å². The fourth-order valence-corrected chi connectivity index (χ4v) is 0. The molecule has 0 amide bonds. The Morgan fingerprint density at radius 3 is 0.706 bits per heavy atom. The van der Waals surface area contributed by atoms with E-state index < -0.39 is 0 Å². The Balaban J connectivity index is -0.0000000158. The molecule has 0 unspecified atom stereocenters. The Morgan fingerprint density at radius 2 is 0.706 bits per heavy atom. The van der Waals surface area contributed by atoms with Gasteiger partial charge in [-0.1, -0.05) is 0 Å². The van der Waals surface area contributed by atoms with Gasteiger partial charge in [0.05, 0.1) is 0 Å². The van der Waals surface area contributed by atoms with E-state index in [1.165, 1.54) is 0 Å². The van der Waals surface area contributed by atoms with Crippen molar-refractivity contribution in [3.05, 3.63) is 44.7 Å². The molecule has 7 heteroatoms. The smallest absolute Gasteiger partial charge is 0 e. The van der Waals surface area contributed by atoms with Gasteiger partial charge in [0.25, 0.3) is 0 Å². The van der Waals surface area contributed by atoms with Gasteiger partial charge in [-0.15, -0.1) is 0 Å². The molecule has 0 aromatic carbocycles. The fourth-order valence-electron chi connectivity index (χ4n) is 0. The van der Waals surface area contributed by atoms with Crippen LogP contribution in [0.3, 0.4) is 0 Å². The van der Waals surface area contributed by atoms with Crippen LogP contribution in [0.2, 0.25) is 0 Å². The van der Waals surface area contributed by atoms with Crippen LogP contribution in [0.1, 0.15) is 20.8 Å². The van der Waals surface area contributed by atoms with E-state index in [1.807, 2.05) is 20.8 Å². The minimum Gasteiger partial charge on any atom is 0 e. The van der Waals surface area contributed by atoms with Gasteiger partial charge in [-0.2, -0.15) is 0 Å². The molecule has 0 aromatic heterocycles. The minimum atomic E-state index is -0.167. The summed E-state index contributed by atoms with van der Waals surface area (Å²) in [7, 11) is 0. The molecule has 90 valence electrons. The molecule has 0 radical (unpaired) electrons. The summed E-state index contributed by atoms with van der Waals surface area (Å²) in [6.07, 6.45) is 0. The van der Waals surface area contributed by atoms with E-state index in [2.05, 4.69) is 38.1 Å². The van der Waals surface area contributed by atoms with Gasteiger partial charge in [-0.05, 0) is 0 Å². The van der Waals surface area contributed by atoms with Crippen LogP contribution >= 0.6 is 0 Å². The molecule has 0 aliphatic heterocycles. The Morgan fingerprint density at radius 1 is 0.647 bits per heavy atom. The summed E-state index contributed by atoms with van der Waals surface area (Å²) in [5.74, 6) is 0. The van der Waals surface area contributed by atoms with Gasteiger partial charge in [0, 0.05) is 41.8 Å². The molecule has 0 N–H and O–H groups in total. The number of nitrogens with zero attached hydrogens (tertiary/aromatic N) is 1. The normalized spacial score (nSPS) is 4.24. The van der Waals surface area contributed by atoms with E-state index in [4.69, 9.17) is 29.8 Å². The zero-order valence-electron chi connectivity index (χ0n) is 9.40. The van der Waals surface area contributed by atoms with Crippen molar-refractivity contribution in [3.8, 4) is 0 Å². The van der Waals surface area contributed by atoms with Gasteiger partial charge in [0.1, 0.15) is 0 Å². The molecule has 0 rings (SSSR count). The molecule has 0 heterocycles. The molecule has 0 aromatic rings. The van der Waals surface area contributed by atoms with Gasteiger partial charge in [0.15, 0.2) is 0 Å². The zero-order valence-corrected chi connectivity index (χ0v) is 12.3. The van der Waals surface area contributed by atoms with Gasteiger partial charge in [0.2, 0.25) is 5.54 Å². The molecule has 0 saturated heterocycles. The number of rotatable bonds is 0. The van der Waals surface area contributed by atoms with E-state index in [9.17, 15) is 0 Å². The SMILES string of the molecule is [C-]#[N+]C(C)(C)C.[C-]#[O+].[C-]#[O+].[C-]#[O+].[C-]#[O+].[C-]#[O+].[W]. The van der Waals surface area contributed by atoms with Crippen molar-refractivity contribution in [2.75, 3.05) is 0 Å². The largest absolute Gasteiger partial charge is 0 e. The van der Waals surface area contributed by atoms with Crippen LogP contribution in [0.25, 0.3) is 4.85 Å². The summed E-state index contributed by atoms with van der Waals surface area (Å²) in [5.41, 5.74) is -0.167. The van der Waals surface area contributed by atoms with E-state index >= 15 is 0 Å². The van der Waals surface area contributed by atoms with Gasteiger partial charge >= 0.3 is 56.5 Å². The van der Waals surface area contributed by atoms with Crippen LogP contribution in [0, 0.1) is 39.8 Å². The summed E-state index contributed by atoms with van der Waals surface area (Å²) < 4.78 is 37.5. The van der Waals surface area contributed by atoms with Crippen molar-refractivity contribution in [2.24, 2.45) is 0 Å². The van der Waals surface area contributed by atoms with Crippen molar-refractivity contribution in [3.63, 3.8) is 0 Å². The van der Waals surface area contributed by atoms with Crippen LogP contribution in [0.4, 0.5) is 0 Å². The number of hydrogen-bond acceptors (Lipinski definition) is 0. The third-order valence-electron chi connectivity index (χ3n) is 0.335. The predicted molar refractivity (Wildman–Crippen MR) is 46.0 cm³/mol. The van der Waals surface area contributed by atoms with Crippen LogP contribution in [-0.4, -0.2) is 5.54 Å². The fraction of sp³-hybridized carbons (Fsp3) is 0.400. The van der Waals surface area contributed by atoms with E-state index in [0.29, 0.717) is 0 Å². The summed E-state index contributed by atoms with van der Waals surface area (Å²) in [5, 5.41) is 0. The average Bonchev–Trinajstić information content (AvgIpc) is 2.40. The first kappa shape index (κ1) is 44.6. The zero-order chi connectivity index (χ0) is 15.2. The predicted octanol–water partition coefficient (Wildman–Crippen LogP) is 1.51. The van der Waals surface area contributed by atoms with E-state index in [1.54, 1.807) is 0 Å². The van der Waals surface area contributed by atoms with E-state index in [-0.39, 0.29) is 26.6 Å². The summed E-state index contributed by atoms with van der Waals surface area (Å²) >= 11 is 0. The first-order valence-electron chi connectivity index (χ1n) is 2.97. The Bertz CT molecular complexity index is 204. The maximum atomic E-state index is 7.50. The molecule has 17 heavy (non-hydrogen) atoms. The monoisotopic (exact) mass is 407 g/mol. The third kappa shape index (κ3) is 699. The van der Waals surface area contributed by atoms with Gasteiger partial charge in [-0.25, -0.2) is 6.57 Å². The molecule has 0 aliphatic rings. The van der Waals surface area contributed by atoms with Crippen LogP contribution < -0.4 is 0 Å². The molecule has 0 bridgehead atoms. The summed E-state index contributed by atoms with van der Waals surface area (Å²) in [6.45, 7) is 34.6. The summed E-state index contributed by atoms with van der Waals surface area (Å²) in [4.78, 5) is 3.27. The van der Waals surface area contributed by atoms with Crippen LogP contribution in [0.5, 0.6) is 0 Å². The maximum absolute atomic E-state index is 7.50. The Labute approximate surface area is 115 Å². The molecule has 0 saturated carbocycles. The summed E-state index contributed by atoms with van der Waals surface area (Å²) in [6, 6.07) is 0. The minimum absolute atomic E-state index is 0. The van der Waals surface area contributed by atoms with E-state index in [0.717, 1.165) is 0 Å². The number of hydrogen-bond donors (Lipinski definition) is 0. The second-order valence-electron chi connectivity index (χ2n) is 2.28. The van der Waals surface area contributed by atoms with Crippen molar-refractivity contribution in [2.45, 2.75) is 26.3 Å². The standard InChI is InChI=1S/C5H9N.5CO.W/c1-5(2,3)6-4;5*1-2;/h1-3H3;;;;;;. The topological polar surface area (TPSA) is 104 Å². The maximum Gasteiger partial charge on any atom is 0 e. The van der Waals surface area contributed by atoms with Crippen molar-refractivity contribution < 1.29 is 44.3 Å². The second kappa shape index (κ2) is 82.9. The Kier molecular flexibility index (Phi) is 218. The molecule has 0 spiro atoms. The van der Waals surface area contributed by atoms with Crippen molar-refractivity contribution in [1.82, 2.24) is 0 Å². The Hall–Kier alpha value is -1.12. The van der Waals surface area contributed by atoms with Crippen molar-refractivity contribution in [1.29, 1.82) is 0 Å². The first-order valence-corrected chi connectivity index (χ1v) is 2.97. The average molecular weight is 407 g/mol.